The van der Waals surface area contributed by atoms with E-state index in [1.165, 1.54) is 43.5 Å². The quantitative estimate of drug-likeness (QED) is 0.0923. The van der Waals surface area contributed by atoms with Gasteiger partial charge in [0.15, 0.2) is 30.9 Å². The molecule has 350 valence electrons. The number of benzene rings is 4. The Morgan fingerprint density at radius 1 is 0.667 bits per heavy atom. The Hall–Kier alpha value is -5.21. The van der Waals surface area contributed by atoms with E-state index >= 15 is 0 Å². The van der Waals surface area contributed by atoms with E-state index < -0.39 is 107 Å². The molecule has 0 aromatic heterocycles. The number of nitrogens with one attached hydrogen (secondary N) is 1. The van der Waals surface area contributed by atoms with Crippen molar-refractivity contribution in [2.24, 2.45) is 0 Å². The van der Waals surface area contributed by atoms with Crippen molar-refractivity contribution >= 4 is 76.2 Å². The molecular formula is C45H41Cl4NO16. The van der Waals surface area contributed by atoms with Crippen LogP contribution < -0.4 is 14.8 Å². The minimum Gasteiger partial charge on any atom is -0.497 e. The molecule has 1 amide bonds. The van der Waals surface area contributed by atoms with Gasteiger partial charge in [-0.1, -0.05) is 102 Å². The monoisotopic (exact) mass is 991 g/mol. The van der Waals surface area contributed by atoms with E-state index in [9.17, 15) is 24.0 Å². The molecule has 0 bridgehead atoms. The maximum absolute atomic E-state index is 14.1. The van der Waals surface area contributed by atoms with E-state index in [1.807, 2.05) is 0 Å². The lowest BCUT2D eigenvalue weighted by Gasteiger charge is -2.51. The van der Waals surface area contributed by atoms with Gasteiger partial charge < -0.3 is 57.4 Å². The van der Waals surface area contributed by atoms with E-state index in [0.29, 0.717) is 11.3 Å². The van der Waals surface area contributed by atoms with Gasteiger partial charge >= 0.3 is 23.9 Å². The Balaban J connectivity index is 1.34. The highest BCUT2D eigenvalue weighted by molar-refractivity contribution is 6.76. The van der Waals surface area contributed by atoms with Crippen molar-refractivity contribution < 1.29 is 76.1 Å². The maximum Gasteiger partial charge on any atom is 0.338 e. The molecule has 4 aromatic carbocycles. The third-order valence-electron chi connectivity index (χ3n) is 10.4. The van der Waals surface area contributed by atoms with E-state index in [2.05, 4.69) is 5.32 Å². The lowest BCUT2D eigenvalue weighted by Crippen LogP contribution is -2.71. The van der Waals surface area contributed by atoms with Crippen LogP contribution in [0.25, 0.3) is 0 Å². The Morgan fingerprint density at radius 3 is 1.80 bits per heavy atom. The number of fused-ring (bicyclic) bond motifs is 1. The van der Waals surface area contributed by atoms with Crippen LogP contribution in [0.4, 0.5) is 0 Å². The molecule has 3 fully saturated rings. The Kier molecular flexibility index (Phi) is 16.3. The molecule has 3 aliphatic rings. The van der Waals surface area contributed by atoms with Gasteiger partial charge in [-0.05, 0) is 48.5 Å². The van der Waals surface area contributed by atoms with Crippen molar-refractivity contribution in [3.63, 3.8) is 0 Å². The number of hydrogen-bond acceptors (Lipinski definition) is 16. The predicted octanol–water partition coefficient (Wildman–Crippen LogP) is 5.65. The van der Waals surface area contributed by atoms with E-state index in [4.69, 9.17) is 98.5 Å². The van der Waals surface area contributed by atoms with E-state index in [0.717, 1.165) is 7.11 Å². The van der Waals surface area contributed by atoms with E-state index in [1.54, 1.807) is 78.9 Å². The minimum atomic E-state index is -2.61. The van der Waals surface area contributed by atoms with Gasteiger partial charge in [-0.2, -0.15) is 0 Å². The first-order valence-electron chi connectivity index (χ1n) is 20.1. The van der Waals surface area contributed by atoms with Crippen LogP contribution in [0.1, 0.15) is 32.6 Å². The second-order valence-electron chi connectivity index (χ2n) is 14.6. The summed E-state index contributed by atoms with van der Waals surface area (Å²) in [5.74, 6) is -5.21. The topological polar surface area (TPSA) is 199 Å². The van der Waals surface area contributed by atoms with Gasteiger partial charge in [0, 0.05) is 5.56 Å². The lowest BCUT2D eigenvalue weighted by molar-refractivity contribution is -0.365. The van der Waals surface area contributed by atoms with Gasteiger partial charge in [-0.3, -0.25) is 9.59 Å². The number of amides is 1. The predicted molar refractivity (Wildman–Crippen MR) is 232 cm³/mol. The van der Waals surface area contributed by atoms with Crippen LogP contribution in [-0.2, 0) is 57.0 Å². The highest BCUT2D eigenvalue weighted by atomic mass is 35.6. The third kappa shape index (κ3) is 11.7. The van der Waals surface area contributed by atoms with Gasteiger partial charge in [0.25, 0.3) is 9.70 Å². The molecular weight excluding hydrogens is 952 g/mol. The van der Waals surface area contributed by atoms with Crippen molar-refractivity contribution in [3.05, 3.63) is 132 Å². The van der Waals surface area contributed by atoms with Crippen LogP contribution in [0.15, 0.2) is 115 Å². The SMILES string of the molecule is COC(=O)[C@H]1O[C@@H](Oc2ccc(OC)cc2)[C@H](OC(=O)c2ccccc2)[C@@H](OC(=O)c2ccccc2)[C@@H]1O[C@H]1O[C@@H]2CO[C@H](c3ccccc3)O[C@@H]2[C@H](OC(=O)CCl)[C@H]1NC(=O)C(Cl)(Cl)Cl. The van der Waals surface area contributed by atoms with Crippen LogP contribution in [0.2, 0.25) is 0 Å². The number of alkyl halides is 4. The molecule has 3 heterocycles. The molecule has 0 radical (unpaired) electrons. The lowest BCUT2D eigenvalue weighted by atomic mass is 9.94. The molecule has 3 saturated heterocycles. The summed E-state index contributed by atoms with van der Waals surface area (Å²) >= 11 is 24.1. The number of carbonyl (C=O) groups is 5. The fourth-order valence-corrected chi connectivity index (χ4v) is 7.50. The molecule has 0 saturated carbocycles. The molecule has 3 aliphatic heterocycles. The molecule has 66 heavy (non-hydrogen) atoms. The first-order valence-corrected chi connectivity index (χ1v) is 21.8. The molecule has 7 rings (SSSR count). The number of halogens is 4. The number of methoxy groups -OCH3 is 2. The van der Waals surface area contributed by atoms with Crippen LogP contribution in [0.5, 0.6) is 11.5 Å². The van der Waals surface area contributed by atoms with Crippen LogP contribution in [0, 0.1) is 0 Å². The van der Waals surface area contributed by atoms with Crippen LogP contribution >= 0.6 is 46.4 Å². The van der Waals surface area contributed by atoms with Crippen molar-refractivity contribution in [2.75, 3.05) is 26.7 Å². The van der Waals surface area contributed by atoms with Gasteiger partial charge in [-0.25, -0.2) is 14.4 Å². The molecule has 4 aromatic rings. The highest BCUT2D eigenvalue weighted by Gasteiger charge is 2.60. The zero-order valence-corrected chi connectivity index (χ0v) is 37.8. The first-order chi connectivity index (χ1) is 31.8. The van der Waals surface area contributed by atoms with E-state index in [-0.39, 0.29) is 23.5 Å². The summed E-state index contributed by atoms with van der Waals surface area (Å²) in [6.07, 6.45) is -15.9. The van der Waals surface area contributed by atoms with Crippen molar-refractivity contribution in [3.8, 4) is 11.5 Å². The minimum absolute atomic E-state index is 0.0419. The Morgan fingerprint density at radius 2 is 1.24 bits per heavy atom. The zero-order valence-electron chi connectivity index (χ0n) is 34.8. The van der Waals surface area contributed by atoms with Gasteiger partial charge in [-0.15, -0.1) is 11.6 Å². The summed E-state index contributed by atoms with van der Waals surface area (Å²) in [6.45, 7) is -0.215. The standard InChI is InChI=1S/C45H41Cl4NO16/c1-56-27-18-20-28(21-19-27)59-43-37(63-39(53)25-14-8-4-9-15-25)35(62-38(52)24-12-6-3-7-13-24)34(36(66-43)40(54)57-2)65-42-31(50-44(55)45(47,48)49)33(61-30(51)22-46)32-29(60-42)23-58-41(64-32)26-16-10-5-11-17-26/h3-21,29,31-37,41-43H,22-23H2,1-2H3,(H,50,55)/t29-,31-,32+,33-,34+,35+,36+,37-,41+,42-,43-/m1/s1. The molecule has 11 atom stereocenters. The summed E-state index contributed by atoms with van der Waals surface area (Å²) < 4.78 is 63.9. The second kappa shape index (κ2) is 22.1. The van der Waals surface area contributed by atoms with Gasteiger partial charge in [0.2, 0.25) is 12.4 Å². The molecule has 21 heteroatoms. The molecule has 17 nitrogen and oxygen atoms in total. The Bertz CT molecular complexity index is 2290. The summed E-state index contributed by atoms with van der Waals surface area (Å²) in [5, 5.41) is 2.51. The number of ether oxygens (including phenoxy) is 11. The average molecular weight is 994 g/mol. The molecule has 0 unspecified atom stereocenters. The number of rotatable bonds is 14. The number of esters is 4. The average Bonchev–Trinajstić information content (AvgIpc) is 3.34. The summed E-state index contributed by atoms with van der Waals surface area (Å²) in [4.78, 5) is 68.7. The van der Waals surface area contributed by atoms with Crippen molar-refractivity contribution in [2.45, 2.75) is 71.4 Å². The molecule has 0 aliphatic carbocycles. The van der Waals surface area contributed by atoms with Crippen LogP contribution in [-0.4, -0.2) is 122 Å². The largest absolute Gasteiger partial charge is 0.497 e. The van der Waals surface area contributed by atoms with Gasteiger partial charge in [0.05, 0.1) is 32.0 Å². The maximum atomic E-state index is 14.1. The number of hydrogen-bond donors (Lipinski definition) is 1. The summed E-state index contributed by atoms with van der Waals surface area (Å²) in [6, 6.07) is 28.9. The smallest absolute Gasteiger partial charge is 0.338 e. The molecule has 0 spiro atoms. The second-order valence-corrected chi connectivity index (χ2v) is 17.2. The summed E-state index contributed by atoms with van der Waals surface area (Å²) in [7, 11) is 2.53. The summed E-state index contributed by atoms with van der Waals surface area (Å²) in [5.41, 5.74) is 0.706. The fraction of sp³-hybridized carbons (Fsp3) is 0.356. The Labute approximate surface area is 397 Å². The van der Waals surface area contributed by atoms with Crippen molar-refractivity contribution in [1.29, 1.82) is 0 Å². The first kappa shape index (κ1) is 48.7. The highest BCUT2D eigenvalue weighted by Crippen LogP contribution is 2.40. The van der Waals surface area contributed by atoms with Gasteiger partial charge in [0.1, 0.15) is 41.7 Å². The number of carbonyl (C=O) groups excluding carboxylic acids is 5. The fourth-order valence-electron chi connectivity index (χ4n) is 7.27. The molecule has 1 N–H and O–H groups in total. The third-order valence-corrected chi connectivity index (χ3v) is 11.1. The van der Waals surface area contributed by atoms with Crippen molar-refractivity contribution in [1.82, 2.24) is 5.32 Å². The van der Waals surface area contributed by atoms with Crippen LogP contribution in [0.3, 0.4) is 0 Å². The normalized spacial score (nSPS) is 27.2. The zero-order chi connectivity index (χ0) is 47.0.